The predicted octanol–water partition coefficient (Wildman–Crippen LogP) is 2.85. The minimum absolute atomic E-state index is 0.439. The van der Waals surface area contributed by atoms with Crippen LogP contribution in [0, 0.1) is 11.3 Å². The van der Waals surface area contributed by atoms with Gasteiger partial charge in [0.2, 0.25) is 0 Å². The summed E-state index contributed by atoms with van der Waals surface area (Å²) in [6, 6.07) is 6.66. The minimum atomic E-state index is 0.439. The number of H-pyrrole nitrogens is 1. The van der Waals surface area contributed by atoms with E-state index < -0.39 is 0 Å². The highest BCUT2D eigenvalue weighted by Gasteiger charge is 2.27. The fourth-order valence-corrected chi connectivity index (χ4v) is 3.96. The van der Waals surface area contributed by atoms with Crippen molar-refractivity contribution in [2.24, 2.45) is 0 Å². The second kappa shape index (κ2) is 6.79. The van der Waals surface area contributed by atoms with Gasteiger partial charge in [0.25, 0.3) is 0 Å². The molecule has 1 fully saturated rings. The highest BCUT2D eigenvalue weighted by molar-refractivity contribution is 6.07. The second-order valence-electron chi connectivity index (χ2n) is 6.63. The summed E-state index contributed by atoms with van der Waals surface area (Å²) in [6.07, 6.45) is 7.05. The van der Waals surface area contributed by atoms with Crippen LogP contribution in [0.3, 0.4) is 0 Å². The topological polar surface area (TPSA) is 86.6 Å². The molecule has 6 nitrogen and oxygen atoms in total. The fourth-order valence-electron chi connectivity index (χ4n) is 3.96. The van der Waals surface area contributed by atoms with Gasteiger partial charge in [0, 0.05) is 36.7 Å². The van der Waals surface area contributed by atoms with Crippen LogP contribution in [0.5, 0.6) is 0 Å². The number of aromatic amines is 1. The summed E-state index contributed by atoms with van der Waals surface area (Å²) >= 11 is 0. The Hall–Kier alpha value is -2.49. The number of hydrogen-bond donors (Lipinski definition) is 2. The van der Waals surface area contributed by atoms with Crippen molar-refractivity contribution in [1.29, 1.82) is 5.26 Å². The third-order valence-corrected chi connectivity index (χ3v) is 5.14. The van der Waals surface area contributed by atoms with Crippen LogP contribution in [0.2, 0.25) is 0 Å². The molecule has 1 saturated carbocycles. The Labute approximate surface area is 146 Å². The monoisotopic (exact) mass is 335 g/mol. The number of pyridine rings is 2. The lowest BCUT2D eigenvalue weighted by atomic mass is 9.94. The molecule has 2 N–H and O–H groups in total. The molecule has 25 heavy (non-hydrogen) atoms. The van der Waals surface area contributed by atoms with Gasteiger partial charge in [0.1, 0.15) is 17.4 Å². The Morgan fingerprint density at radius 3 is 3.16 bits per heavy atom. The van der Waals surface area contributed by atoms with Crippen molar-refractivity contribution < 1.29 is 4.74 Å². The molecule has 0 saturated heterocycles. The van der Waals surface area contributed by atoms with Crippen LogP contribution in [0.15, 0.2) is 24.5 Å². The average Bonchev–Trinajstić information content (AvgIpc) is 3.25. The number of methoxy groups -OCH3 is 1. The van der Waals surface area contributed by atoms with Crippen molar-refractivity contribution in [3.8, 4) is 6.07 Å². The van der Waals surface area contributed by atoms with Crippen LogP contribution < -0.4 is 5.32 Å². The molecule has 6 heteroatoms. The molecule has 0 bridgehead atoms. The SMILES string of the molecule is COCCN[C@H]1CCC(c2ccnc3[nH]c4cnc(C#N)cc4c23)C1. The van der Waals surface area contributed by atoms with Gasteiger partial charge in [-0.1, -0.05) is 0 Å². The lowest BCUT2D eigenvalue weighted by Crippen LogP contribution is -2.29. The molecule has 1 aliphatic rings. The van der Waals surface area contributed by atoms with Crippen molar-refractivity contribution in [3.05, 3.63) is 35.8 Å². The van der Waals surface area contributed by atoms with Gasteiger partial charge < -0.3 is 15.0 Å². The molecule has 0 amide bonds. The Balaban J connectivity index is 1.69. The van der Waals surface area contributed by atoms with Crippen LogP contribution in [-0.2, 0) is 4.74 Å². The smallest absolute Gasteiger partial charge is 0.141 e. The van der Waals surface area contributed by atoms with Gasteiger partial charge in [-0.2, -0.15) is 5.26 Å². The minimum Gasteiger partial charge on any atom is -0.383 e. The molecule has 0 aliphatic heterocycles. The highest BCUT2D eigenvalue weighted by atomic mass is 16.5. The molecule has 2 atom stereocenters. The summed E-state index contributed by atoms with van der Waals surface area (Å²) < 4.78 is 5.12. The molecule has 0 spiro atoms. The van der Waals surface area contributed by atoms with Crippen molar-refractivity contribution in [2.75, 3.05) is 20.3 Å². The maximum absolute atomic E-state index is 9.17. The first-order valence-electron chi connectivity index (χ1n) is 8.69. The molecule has 0 radical (unpaired) electrons. The van der Waals surface area contributed by atoms with E-state index in [1.807, 2.05) is 12.3 Å². The van der Waals surface area contributed by atoms with Gasteiger partial charge in [-0.3, -0.25) is 0 Å². The lowest BCUT2D eigenvalue weighted by molar-refractivity contribution is 0.195. The Morgan fingerprint density at radius 2 is 2.32 bits per heavy atom. The third kappa shape index (κ3) is 2.97. The molecule has 1 unspecified atom stereocenters. The van der Waals surface area contributed by atoms with E-state index in [9.17, 15) is 0 Å². The van der Waals surface area contributed by atoms with Crippen LogP contribution in [-0.4, -0.2) is 41.3 Å². The maximum Gasteiger partial charge on any atom is 0.141 e. The normalized spacial score (nSPS) is 20.3. The van der Waals surface area contributed by atoms with Crippen molar-refractivity contribution in [2.45, 2.75) is 31.2 Å². The molecule has 3 aromatic heterocycles. The Bertz CT molecular complexity index is 942. The van der Waals surface area contributed by atoms with E-state index in [0.717, 1.165) is 47.9 Å². The number of nitrogens with zero attached hydrogens (tertiary/aromatic N) is 3. The van der Waals surface area contributed by atoms with E-state index in [4.69, 9.17) is 10.00 Å². The number of rotatable bonds is 5. The molecule has 4 rings (SSSR count). The van der Waals surface area contributed by atoms with Crippen molar-refractivity contribution in [3.63, 3.8) is 0 Å². The Morgan fingerprint density at radius 1 is 1.40 bits per heavy atom. The second-order valence-corrected chi connectivity index (χ2v) is 6.63. The average molecular weight is 335 g/mol. The van der Waals surface area contributed by atoms with Crippen molar-refractivity contribution in [1.82, 2.24) is 20.3 Å². The Kier molecular flexibility index (Phi) is 4.35. The summed E-state index contributed by atoms with van der Waals surface area (Å²) in [7, 11) is 1.73. The molecule has 3 aromatic rings. The summed E-state index contributed by atoms with van der Waals surface area (Å²) in [4.78, 5) is 12.0. The quantitative estimate of drug-likeness (QED) is 0.700. The van der Waals surface area contributed by atoms with Crippen molar-refractivity contribution >= 4 is 21.9 Å². The summed E-state index contributed by atoms with van der Waals surface area (Å²) in [5.74, 6) is 0.503. The molecule has 0 aromatic carbocycles. The molecule has 3 heterocycles. The van der Waals surface area contributed by atoms with Crippen LogP contribution in [0.1, 0.15) is 36.4 Å². The largest absolute Gasteiger partial charge is 0.383 e. The first kappa shape index (κ1) is 16.0. The standard InChI is InChI=1S/C19H21N5O/c1-25-7-6-21-13-3-2-12(8-13)15-4-5-22-19-18(15)16-9-14(10-20)23-11-17(16)24-19/h4-5,9,11-13,21H,2-3,6-8H2,1H3,(H,22,24)/t12?,13-/m0/s1. The van der Waals surface area contributed by atoms with Gasteiger partial charge in [-0.05, 0) is 42.9 Å². The molecular weight excluding hydrogens is 314 g/mol. The molecule has 1 aliphatic carbocycles. The van der Waals surface area contributed by atoms with E-state index in [1.165, 1.54) is 12.0 Å². The van der Waals surface area contributed by atoms with Gasteiger partial charge >= 0.3 is 0 Å². The summed E-state index contributed by atoms with van der Waals surface area (Å²) in [5.41, 5.74) is 3.57. The number of fused-ring (bicyclic) bond motifs is 3. The number of aromatic nitrogens is 3. The van der Waals surface area contributed by atoms with Gasteiger partial charge in [-0.25, -0.2) is 9.97 Å². The maximum atomic E-state index is 9.17. The highest BCUT2D eigenvalue weighted by Crippen LogP contribution is 2.39. The van der Waals surface area contributed by atoms with Gasteiger partial charge in [-0.15, -0.1) is 0 Å². The van der Waals surface area contributed by atoms with Crippen LogP contribution in [0.25, 0.3) is 21.9 Å². The number of ether oxygens (including phenoxy) is 1. The molecule has 128 valence electrons. The van der Waals surface area contributed by atoms with E-state index in [0.29, 0.717) is 17.7 Å². The number of hydrogen-bond acceptors (Lipinski definition) is 5. The van der Waals surface area contributed by atoms with E-state index in [1.54, 1.807) is 13.3 Å². The van der Waals surface area contributed by atoms with Crippen LogP contribution >= 0.6 is 0 Å². The third-order valence-electron chi connectivity index (χ3n) is 5.14. The summed E-state index contributed by atoms with van der Waals surface area (Å²) in [6.45, 7) is 1.64. The van der Waals surface area contributed by atoms with E-state index in [2.05, 4.69) is 32.4 Å². The molecular formula is C19H21N5O. The van der Waals surface area contributed by atoms with Gasteiger partial charge in [0.15, 0.2) is 0 Å². The van der Waals surface area contributed by atoms with E-state index in [-0.39, 0.29) is 0 Å². The number of nitrogens with one attached hydrogen (secondary N) is 2. The van der Waals surface area contributed by atoms with Gasteiger partial charge in [0.05, 0.1) is 18.3 Å². The zero-order chi connectivity index (χ0) is 17.2. The zero-order valence-electron chi connectivity index (χ0n) is 14.2. The van der Waals surface area contributed by atoms with E-state index >= 15 is 0 Å². The number of nitriles is 1. The summed E-state index contributed by atoms with van der Waals surface area (Å²) in [5, 5.41) is 14.9. The fraction of sp³-hybridized carbons (Fsp3) is 0.421. The predicted molar refractivity (Wildman–Crippen MR) is 96.4 cm³/mol. The van der Waals surface area contributed by atoms with Crippen LogP contribution in [0.4, 0.5) is 0 Å². The zero-order valence-corrected chi connectivity index (χ0v) is 14.2. The first-order chi connectivity index (χ1) is 12.3. The first-order valence-corrected chi connectivity index (χ1v) is 8.69. The lowest BCUT2D eigenvalue weighted by Gasteiger charge is -2.14.